The summed E-state index contributed by atoms with van der Waals surface area (Å²) in [5, 5.41) is 10.3. The maximum atomic E-state index is 12.8. The first-order valence-electron chi connectivity index (χ1n) is 9.10. The molecule has 5 nitrogen and oxygen atoms in total. The van der Waals surface area contributed by atoms with Gasteiger partial charge >= 0.3 is 0 Å². The average Bonchev–Trinajstić information content (AvgIpc) is 2.62. The summed E-state index contributed by atoms with van der Waals surface area (Å²) in [6, 6.07) is 7.74. The fourth-order valence-corrected chi connectivity index (χ4v) is 3.69. The summed E-state index contributed by atoms with van der Waals surface area (Å²) in [6.07, 6.45) is 5.17. The molecule has 1 aromatic heterocycles. The number of rotatable bonds is 5. The van der Waals surface area contributed by atoms with Gasteiger partial charge in [0.2, 0.25) is 5.91 Å². The fourth-order valence-electron chi connectivity index (χ4n) is 3.69. The van der Waals surface area contributed by atoms with Gasteiger partial charge in [0.25, 0.3) is 5.56 Å². The average molecular weight is 342 g/mol. The molecule has 1 aliphatic carbocycles. The molecule has 25 heavy (non-hydrogen) atoms. The number of aromatic nitrogens is 1. The lowest BCUT2D eigenvalue weighted by atomic mass is 9.88. The van der Waals surface area contributed by atoms with Crippen LogP contribution >= 0.6 is 0 Å². The Morgan fingerprint density at radius 1 is 1.24 bits per heavy atom. The molecule has 3 rings (SSSR count). The van der Waals surface area contributed by atoms with Gasteiger partial charge in [-0.05, 0) is 43.4 Å². The van der Waals surface area contributed by atoms with Gasteiger partial charge in [-0.1, -0.05) is 30.9 Å². The Labute approximate surface area is 147 Å². The van der Waals surface area contributed by atoms with Crippen LogP contribution in [0.4, 0.5) is 0 Å². The largest absolute Gasteiger partial charge is 0.395 e. The highest BCUT2D eigenvalue weighted by Gasteiger charge is 2.26. The second-order valence-electron chi connectivity index (χ2n) is 7.03. The van der Waals surface area contributed by atoms with Crippen molar-refractivity contribution in [1.82, 2.24) is 9.88 Å². The molecular weight excluding hydrogens is 316 g/mol. The molecule has 0 bridgehead atoms. The number of benzene rings is 1. The molecule has 2 aromatic rings. The smallest absolute Gasteiger partial charge is 0.253 e. The molecule has 1 aliphatic rings. The highest BCUT2D eigenvalue weighted by atomic mass is 16.3. The number of carbonyl (C=O) groups excluding carboxylic acids is 1. The van der Waals surface area contributed by atoms with Crippen molar-refractivity contribution in [2.24, 2.45) is 5.92 Å². The topological polar surface area (TPSA) is 73.4 Å². The number of aliphatic hydroxyl groups excluding tert-OH is 1. The number of hydrogen-bond acceptors (Lipinski definition) is 3. The number of nitrogens with one attached hydrogen (secondary N) is 1. The molecule has 0 radical (unpaired) electrons. The first-order chi connectivity index (χ1) is 12.1. The quantitative estimate of drug-likeness (QED) is 0.877. The zero-order valence-corrected chi connectivity index (χ0v) is 14.8. The summed E-state index contributed by atoms with van der Waals surface area (Å²) in [5.41, 5.74) is 2.31. The van der Waals surface area contributed by atoms with E-state index in [2.05, 4.69) is 4.98 Å². The van der Waals surface area contributed by atoms with Crippen molar-refractivity contribution >= 4 is 16.8 Å². The second kappa shape index (κ2) is 7.83. The minimum atomic E-state index is -0.171. The van der Waals surface area contributed by atoms with E-state index in [0.717, 1.165) is 42.1 Å². The van der Waals surface area contributed by atoms with E-state index in [1.54, 1.807) is 4.90 Å². The van der Waals surface area contributed by atoms with Crippen LogP contribution in [-0.2, 0) is 11.3 Å². The van der Waals surface area contributed by atoms with E-state index in [-0.39, 0.29) is 37.1 Å². The molecular formula is C20H26N2O3. The molecule has 0 aliphatic heterocycles. The number of hydrogen-bond donors (Lipinski definition) is 2. The molecule has 0 atom stereocenters. The summed E-state index contributed by atoms with van der Waals surface area (Å²) >= 11 is 0. The minimum Gasteiger partial charge on any atom is -0.395 e. The van der Waals surface area contributed by atoms with Crippen LogP contribution in [0.25, 0.3) is 10.9 Å². The molecule has 1 fully saturated rings. The number of amides is 1. The maximum Gasteiger partial charge on any atom is 0.253 e. The van der Waals surface area contributed by atoms with Crippen LogP contribution in [0, 0.1) is 12.8 Å². The molecule has 1 heterocycles. The SMILES string of the molecule is Cc1ccc2[nH]c(=O)c(CN(CCO)C(=O)C3CCCCC3)cc2c1. The summed E-state index contributed by atoms with van der Waals surface area (Å²) in [4.78, 5) is 29.8. The standard InChI is InChI=1S/C20H26N2O3/c1-14-7-8-18-16(11-14)12-17(19(24)21-18)13-22(9-10-23)20(25)15-5-3-2-4-6-15/h7-8,11-12,15,23H,2-6,9-10,13H2,1H3,(H,21,24). The summed E-state index contributed by atoms with van der Waals surface area (Å²) in [5.74, 6) is 0.0968. The normalized spacial score (nSPS) is 15.4. The Balaban J connectivity index is 1.86. The van der Waals surface area contributed by atoms with E-state index < -0.39 is 0 Å². The van der Waals surface area contributed by atoms with E-state index in [1.165, 1.54) is 6.42 Å². The Morgan fingerprint density at radius 3 is 2.72 bits per heavy atom. The maximum absolute atomic E-state index is 12.8. The van der Waals surface area contributed by atoms with Crippen LogP contribution in [0.15, 0.2) is 29.1 Å². The molecule has 1 amide bonds. The third-order valence-electron chi connectivity index (χ3n) is 5.07. The number of nitrogens with zero attached hydrogens (tertiary/aromatic N) is 1. The molecule has 134 valence electrons. The molecule has 1 saturated carbocycles. The van der Waals surface area contributed by atoms with Gasteiger partial charge in [-0.15, -0.1) is 0 Å². The number of carbonyl (C=O) groups is 1. The highest BCUT2D eigenvalue weighted by molar-refractivity contribution is 5.81. The summed E-state index contributed by atoms with van der Waals surface area (Å²) < 4.78 is 0. The zero-order chi connectivity index (χ0) is 17.8. The van der Waals surface area contributed by atoms with Gasteiger partial charge in [0, 0.05) is 23.5 Å². The van der Waals surface area contributed by atoms with E-state index in [4.69, 9.17) is 0 Å². The van der Waals surface area contributed by atoms with Crippen molar-refractivity contribution in [2.45, 2.75) is 45.6 Å². The van der Waals surface area contributed by atoms with Crippen molar-refractivity contribution in [1.29, 1.82) is 0 Å². The van der Waals surface area contributed by atoms with Crippen molar-refractivity contribution < 1.29 is 9.90 Å². The monoisotopic (exact) mass is 342 g/mol. The number of pyridine rings is 1. The van der Waals surface area contributed by atoms with Gasteiger partial charge in [0.1, 0.15) is 0 Å². The number of H-pyrrole nitrogens is 1. The Morgan fingerprint density at radius 2 is 2.00 bits per heavy atom. The molecule has 0 spiro atoms. The number of aliphatic hydroxyl groups is 1. The van der Waals surface area contributed by atoms with Gasteiger partial charge in [-0.3, -0.25) is 9.59 Å². The zero-order valence-electron chi connectivity index (χ0n) is 14.8. The first kappa shape index (κ1) is 17.7. The number of aromatic amines is 1. The number of aryl methyl sites for hydroxylation is 1. The van der Waals surface area contributed by atoms with Crippen molar-refractivity contribution in [2.75, 3.05) is 13.2 Å². The lowest BCUT2D eigenvalue weighted by Gasteiger charge is -2.29. The van der Waals surface area contributed by atoms with Crippen molar-refractivity contribution in [3.8, 4) is 0 Å². The van der Waals surface area contributed by atoms with E-state index >= 15 is 0 Å². The molecule has 0 unspecified atom stereocenters. The van der Waals surface area contributed by atoms with Gasteiger partial charge < -0.3 is 15.0 Å². The highest BCUT2D eigenvalue weighted by Crippen LogP contribution is 2.26. The van der Waals surface area contributed by atoms with Crippen LogP contribution in [0.5, 0.6) is 0 Å². The first-order valence-corrected chi connectivity index (χ1v) is 9.10. The van der Waals surface area contributed by atoms with Crippen molar-refractivity contribution in [3.63, 3.8) is 0 Å². The van der Waals surface area contributed by atoms with Gasteiger partial charge in [-0.25, -0.2) is 0 Å². The molecule has 5 heteroatoms. The predicted octanol–water partition coefficient (Wildman–Crippen LogP) is 2.74. The van der Waals surface area contributed by atoms with Crippen LogP contribution < -0.4 is 5.56 Å². The van der Waals surface area contributed by atoms with E-state index in [0.29, 0.717) is 5.56 Å². The van der Waals surface area contributed by atoms with E-state index in [9.17, 15) is 14.7 Å². The molecule has 2 N–H and O–H groups in total. The Kier molecular flexibility index (Phi) is 5.53. The van der Waals surface area contributed by atoms with Gasteiger partial charge in [0.15, 0.2) is 0 Å². The van der Waals surface area contributed by atoms with Crippen LogP contribution in [0.2, 0.25) is 0 Å². The number of fused-ring (bicyclic) bond motifs is 1. The lowest BCUT2D eigenvalue weighted by Crippen LogP contribution is -2.39. The van der Waals surface area contributed by atoms with Crippen LogP contribution in [-0.4, -0.2) is 34.0 Å². The van der Waals surface area contributed by atoms with Gasteiger partial charge in [-0.2, -0.15) is 0 Å². The van der Waals surface area contributed by atoms with Crippen LogP contribution in [0.3, 0.4) is 0 Å². The fraction of sp³-hybridized carbons (Fsp3) is 0.500. The summed E-state index contributed by atoms with van der Waals surface area (Å²) in [6.45, 7) is 2.42. The van der Waals surface area contributed by atoms with Gasteiger partial charge in [0.05, 0.1) is 13.2 Å². The van der Waals surface area contributed by atoms with Crippen molar-refractivity contribution in [3.05, 3.63) is 45.7 Å². The van der Waals surface area contributed by atoms with Crippen LogP contribution in [0.1, 0.15) is 43.2 Å². The third kappa shape index (κ3) is 4.10. The molecule has 1 aromatic carbocycles. The lowest BCUT2D eigenvalue weighted by molar-refractivity contribution is -0.137. The summed E-state index contributed by atoms with van der Waals surface area (Å²) in [7, 11) is 0. The Hall–Kier alpha value is -2.14. The van der Waals surface area contributed by atoms with E-state index in [1.807, 2.05) is 31.2 Å². The Bertz CT molecular complexity index is 806. The minimum absolute atomic E-state index is 0.0297. The molecule has 0 saturated heterocycles. The third-order valence-corrected chi connectivity index (χ3v) is 5.07. The predicted molar refractivity (Wildman–Crippen MR) is 98.4 cm³/mol. The second-order valence-corrected chi connectivity index (χ2v) is 7.03.